The van der Waals surface area contributed by atoms with E-state index in [0.717, 1.165) is 6.42 Å². The van der Waals surface area contributed by atoms with Crippen molar-refractivity contribution in [3.8, 4) is 5.95 Å². The molecule has 0 atom stereocenters. The van der Waals surface area contributed by atoms with Crippen LogP contribution in [0.1, 0.15) is 19.3 Å². The molecule has 0 aliphatic rings. The van der Waals surface area contributed by atoms with E-state index in [0.29, 0.717) is 31.3 Å². The first-order chi connectivity index (χ1) is 10.2. The predicted octanol–water partition coefficient (Wildman–Crippen LogP) is -0.590. The number of nitrogens with one attached hydrogen (secondary N) is 2. The highest BCUT2D eigenvalue weighted by molar-refractivity contribution is 5.73. The molecule has 0 aliphatic heterocycles. The average molecular weight is 291 g/mol. The lowest BCUT2D eigenvalue weighted by atomic mass is 10.2. The molecule has 112 valence electrons. The number of anilines is 2. The number of aromatic nitrogens is 5. The smallest absolute Gasteiger partial charge is 0.243 e. The topological polar surface area (TPSA) is 150 Å². The van der Waals surface area contributed by atoms with E-state index in [2.05, 4.69) is 30.7 Å². The Balaban J connectivity index is 1.99. The zero-order valence-electron chi connectivity index (χ0n) is 11.4. The van der Waals surface area contributed by atoms with Crippen LogP contribution in [0.15, 0.2) is 18.7 Å². The number of amides is 1. The highest BCUT2D eigenvalue weighted by atomic mass is 16.1. The molecule has 0 spiro atoms. The van der Waals surface area contributed by atoms with Crippen molar-refractivity contribution in [3.05, 3.63) is 18.7 Å². The minimum absolute atomic E-state index is 0.244. The van der Waals surface area contributed by atoms with E-state index in [1.165, 1.54) is 0 Å². The third-order valence-corrected chi connectivity index (χ3v) is 2.62. The summed E-state index contributed by atoms with van der Waals surface area (Å²) in [5.41, 5.74) is 7.46. The number of carbonyl (C=O) groups excluding carboxylic acids is 1. The van der Waals surface area contributed by atoms with Gasteiger partial charge in [-0.2, -0.15) is 15.0 Å². The number of rotatable bonds is 8. The Morgan fingerprint density at radius 1 is 1.24 bits per heavy atom. The van der Waals surface area contributed by atoms with Crippen LogP contribution in [0.25, 0.3) is 5.95 Å². The second-order valence-electron chi connectivity index (χ2n) is 4.25. The number of nitrogens with two attached hydrogens (primary N) is 2. The zero-order chi connectivity index (χ0) is 15.1. The highest BCUT2D eigenvalue weighted by Gasteiger charge is 2.07. The molecule has 0 aliphatic carbocycles. The van der Waals surface area contributed by atoms with Crippen LogP contribution in [0.5, 0.6) is 0 Å². The first kappa shape index (κ1) is 14.7. The molecular weight excluding hydrogens is 274 g/mol. The van der Waals surface area contributed by atoms with Crippen LogP contribution < -0.4 is 22.3 Å². The lowest BCUT2D eigenvalue weighted by molar-refractivity contribution is -0.118. The molecule has 0 fully saturated rings. The fraction of sp³-hybridized carbons (Fsp3) is 0.364. The van der Waals surface area contributed by atoms with E-state index in [9.17, 15) is 4.79 Å². The molecule has 2 rings (SSSR count). The zero-order valence-corrected chi connectivity index (χ0v) is 11.4. The van der Waals surface area contributed by atoms with Crippen LogP contribution in [0, 0.1) is 0 Å². The molecular formula is C11H17N9O. The van der Waals surface area contributed by atoms with Gasteiger partial charge in [0.05, 0.1) is 0 Å². The number of hydrogen-bond acceptors (Lipinski definition) is 8. The second-order valence-corrected chi connectivity index (χ2v) is 4.25. The Kier molecular flexibility index (Phi) is 4.99. The number of nitrogens with zero attached hydrogens (tertiary/aromatic N) is 5. The molecule has 1 amide bonds. The highest BCUT2D eigenvalue weighted by Crippen LogP contribution is 2.08. The van der Waals surface area contributed by atoms with Gasteiger partial charge in [-0.05, 0) is 12.8 Å². The van der Waals surface area contributed by atoms with Crippen molar-refractivity contribution < 1.29 is 4.79 Å². The molecule has 0 aromatic carbocycles. The van der Waals surface area contributed by atoms with Gasteiger partial charge in [-0.15, -0.1) is 0 Å². The van der Waals surface area contributed by atoms with E-state index in [1.807, 2.05) is 0 Å². The number of primary amides is 1. The monoisotopic (exact) mass is 291 g/mol. The van der Waals surface area contributed by atoms with Gasteiger partial charge < -0.3 is 11.1 Å². The van der Waals surface area contributed by atoms with Crippen molar-refractivity contribution in [2.45, 2.75) is 19.3 Å². The number of hydrogen-bond donors (Lipinski definition) is 4. The Hall–Kier alpha value is -2.75. The molecule has 0 saturated carbocycles. The van der Waals surface area contributed by atoms with Gasteiger partial charge in [0, 0.05) is 25.4 Å². The Morgan fingerprint density at radius 3 is 2.71 bits per heavy atom. The molecule has 0 unspecified atom stereocenters. The summed E-state index contributed by atoms with van der Waals surface area (Å²) in [5.74, 6) is 6.08. The van der Waals surface area contributed by atoms with Crippen molar-refractivity contribution in [2.75, 3.05) is 17.3 Å². The van der Waals surface area contributed by atoms with Gasteiger partial charge in [0.1, 0.15) is 6.33 Å². The molecule has 21 heavy (non-hydrogen) atoms. The first-order valence-electron chi connectivity index (χ1n) is 6.42. The van der Waals surface area contributed by atoms with Crippen molar-refractivity contribution in [2.24, 2.45) is 11.6 Å². The van der Waals surface area contributed by atoms with Crippen molar-refractivity contribution in [1.82, 2.24) is 24.5 Å². The minimum atomic E-state index is -0.299. The van der Waals surface area contributed by atoms with E-state index in [1.54, 1.807) is 23.3 Å². The summed E-state index contributed by atoms with van der Waals surface area (Å²) in [6, 6.07) is 0. The molecule has 0 radical (unpaired) electrons. The second kappa shape index (κ2) is 7.14. The van der Waals surface area contributed by atoms with Crippen LogP contribution in [0.2, 0.25) is 0 Å². The minimum Gasteiger partial charge on any atom is -0.370 e. The Labute approximate surface area is 121 Å². The maximum Gasteiger partial charge on any atom is 0.243 e. The predicted molar refractivity (Wildman–Crippen MR) is 76.3 cm³/mol. The van der Waals surface area contributed by atoms with Crippen molar-refractivity contribution in [1.29, 1.82) is 0 Å². The van der Waals surface area contributed by atoms with E-state index in [-0.39, 0.29) is 11.9 Å². The van der Waals surface area contributed by atoms with Gasteiger partial charge in [-0.3, -0.25) is 14.8 Å². The summed E-state index contributed by atoms with van der Waals surface area (Å²) in [6.07, 6.45) is 6.77. The van der Waals surface area contributed by atoms with Gasteiger partial charge in [-0.1, -0.05) is 0 Å². The summed E-state index contributed by atoms with van der Waals surface area (Å²) in [4.78, 5) is 27.0. The Bertz CT molecular complexity index is 583. The summed E-state index contributed by atoms with van der Waals surface area (Å²) < 4.78 is 1.64. The largest absolute Gasteiger partial charge is 0.370 e. The molecule has 2 aromatic heterocycles. The first-order valence-corrected chi connectivity index (χ1v) is 6.42. The number of nitrogen functional groups attached to an aromatic ring is 1. The van der Waals surface area contributed by atoms with Gasteiger partial charge >= 0.3 is 0 Å². The van der Waals surface area contributed by atoms with Gasteiger partial charge in [0.2, 0.25) is 23.8 Å². The Morgan fingerprint density at radius 2 is 2.05 bits per heavy atom. The summed E-state index contributed by atoms with van der Waals surface area (Å²) in [6.45, 7) is 0.616. The van der Waals surface area contributed by atoms with Crippen molar-refractivity contribution in [3.63, 3.8) is 0 Å². The number of imidazole rings is 1. The fourth-order valence-electron chi connectivity index (χ4n) is 1.63. The normalized spacial score (nSPS) is 10.3. The van der Waals surface area contributed by atoms with Gasteiger partial charge in [0.15, 0.2) is 0 Å². The molecule has 0 bridgehead atoms. The molecule has 10 heteroatoms. The third kappa shape index (κ3) is 4.38. The average Bonchev–Trinajstić information content (AvgIpc) is 3.00. The van der Waals surface area contributed by atoms with Crippen LogP contribution in [-0.2, 0) is 4.79 Å². The number of unbranched alkanes of at least 4 members (excludes halogenated alkanes) is 1. The number of hydrazine groups is 1. The fourth-order valence-corrected chi connectivity index (χ4v) is 1.63. The van der Waals surface area contributed by atoms with E-state index in [4.69, 9.17) is 11.6 Å². The molecule has 2 aromatic rings. The van der Waals surface area contributed by atoms with E-state index < -0.39 is 0 Å². The molecule has 2 heterocycles. The quantitative estimate of drug-likeness (QED) is 0.286. The summed E-state index contributed by atoms with van der Waals surface area (Å²) >= 11 is 0. The van der Waals surface area contributed by atoms with Gasteiger partial charge in [-0.25, -0.2) is 10.8 Å². The summed E-state index contributed by atoms with van der Waals surface area (Å²) in [5, 5.41) is 3.05. The standard InChI is InChI=1S/C11H17N9O/c12-8(21)3-1-2-4-15-9-16-10(19-13)18-11(17-9)20-6-5-14-7-20/h5-7H,1-4,13H2,(H2,12,21)(H2,15,16,17,18,19). The van der Waals surface area contributed by atoms with Crippen LogP contribution in [0.3, 0.4) is 0 Å². The van der Waals surface area contributed by atoms with Crippen molar-refractivity contribution >= 4 is 17.8 Å². The van der Waals surface area contributed by atoms with Crippen LogP contribution in [0.4, 0.5) is 11.9 Å². The lowest BCUT2D eigenvalue weighted by Gasteiger charge is -2.08. The molecule has 0 saturated heterocycles. The SMILES string of the molecule is NNc1nc(NCCCCC(N)=O)nc(-n2ccnc2)n1. The van der Waals surface area contributed by atoms with Gasteiger partial charge in [0.25, 0.3) is 0 Å². The molecule has 6 N–H and O–H groups in total. The van der Waals surface area contributed by atoms with E-state index >= 15 is 0 Å². The lowest BCUT2D eigenvalue weighted by Crippen LogP contribution is -2.16. The van der Waals surface area contributed by atoms with Crippen LogP contribution >= 0.6 is 0 Å². The number of carbonyl (C=O) groups is 1. The summed E-state index contributed by atoms with van der Waals surface area (Å²) in [7, 11) is 0. The molecule has 10 nitrogen and oxygen atoms in total. The maximum atomic E-state index is 10.6. The maximum absolute atomic E-state index is 10.6. The van der Waals surface area contributed by atoms with Crippen LogP contribution in [-0.4, -0.2) is 37.0 Å². The third-order valence-electron chi connectivity index (χ3n) is 2.62.